The molecule has 2 aromatic carbocycles. The van der Waals surface area contributed by atoms with Gasteiger partial charge in [0.2, 0.25) is 0 Å². The number of nitrogens with zero attached hydrogens (tertiary/aromatic N) is 1. The highest BCUT2D eigenvalue weighted by molar-refractivity contribution is 6.10. The molecule has 5 heteroatoms. The number of anilines is 1. The summed E-state index contributed by atoms with van der Waals surface area (Å²) in [6.07, 6.45) is 0. The molecule has 2 rings (SSSR count). The van der Waals surface area contributed by atoms with Crippen molar-refractivity contribution in [2.24, 2.45) is 0 Å². The Kier molecular flexibility index (Phi) is 5.01. The van der Waals surface area contributed by atoms with Crippen molar-refractivity contribution in [1.29, 1.82) is 0 Å². The lowest BCUT2D eigenvalue weighted by Gasteiger charge is -2.22. The number of ketones is 1. The van der Waals surface area contributed by atoms with Crippen LogP contribution in [0, 0.1) is 0 Å². The maximum atomic E-state index is 12.6. The van der Waals surface area contributed by atoms with Crippen molar-refractivity contribution in [3.8, 4) is 11.5 Å². The second-order valence-corrected chi connectivity index (χ2v) is 5.01. The number of hydrogen-bond donors (Lipinski definition) is 0. The van der Waals surface area contributed by atoms with E-state index < -0.39 is 0 Å². The maximum absolute atomic E-state index is 12.6. The van der Waals surface area contributed by atoms with Crippen LogP contribution in [0.5, 0.6) is 11.5 Å². The van der Waals surface area contributed by atoms with Crippen molar-refractivity contribution >= 4 is 17.4 Å². The summed E-state index contributed by atoms with van der Waals surface area (Å²) in [4.78, 5) is 26.0. The largest absolute Gasteiger partial charge is 0.493 e. The average molecular weight is 313 g/mol. The first-order chi connectivity index (χ1) is 11.0. The molecule has 0 bridgehead atoms. The number of amides is 1. The van der Waals surface area contributed by atoms with E-state index in [1.165, 1.54) is 26.0 Å². The normalized spacial score (nSPS) is 10.1. The van der Waals surface area contributed by atoms with Crippen LogP contribution >= 0.6 is 0 Å². The highest BCUT2D eigenvalue weighted by Gasteiger charge is 2.21. The lowest BCUT2D eigenvalue weighted by molar-refractivity contribution is 0.0992. The summed E-state index contributed by atoms with van der Waals surface area (Å²) in [6, 6.07) is 12.1. The molecule has 5 nitrogen and oxygen atoms in total. The molecule has 0 saturated heterocycles. The van der Waals surface area contributed by atoms with Crippen molar-refractivity contribution in [2.45, 2.75) is 6.92 Å². The monoisotopic (exact) mass is 313 g/mol. The molecule has 120 valence electrons. The van der Waals surface area contributed by atoms with Crippen LogP contribution in [-0.2, 0) is 0 Å². The summed E-state index contributed by atoms with van der Waals surface area (Å²) in [7, 11) is 4.64. The number of rotatable bonds is 5. The number of methoxy groups -OCH3 is 2. The van der Waals surface area contributed by atoms with Crippen LogP contribution in [0.25, 0.3) is 0 Å². The van der Waals surface area contributed by atoms with Gasteiger partial charge in [0.15, 0.2) is 17.3 Å². The number of Topliss-reactive ketones (excluding diaryl/α,β-unsaturated/α-hetero) is 1. The third-order valence-electron chi connectivity index (χ3n) is 3.57. The van der Waals surface area contributed by atoms with Gasteiger partial charge < -0.3 is 14.4 Å². The van der Waals surface area contributed by atoms with Gasteiger partial charge in [0, 0.05) is 24.2 Å². The predicted molar refractivity (Wildman–Crippen MR) is 88.7 cm³/mol. The van der Waals surface area contributed by atoms with Crippen molar-refractivity contribution in [1.82, 2.24) is 0 Å². The molecule has 0 radical (unpaired) electrons. The Morgan fingerprint density at radius 1 is 0.957 bits per heavy atom. The van der Waals surface area contributed by atoms with E-state index in [0.29, 0.717) is 28.3 Å². The van der Waals surface area contributed by atoms with Gasteiger partial charge in [0.1, 0.15) is 0 Å². The first-order valence-corrected chi connectivity index (χ1v) is 7.09. The van der Waals surface area contributed by atoms with Gasteiger partial charge in [-0.1, -0.05) is 18.2 Å². The van der Waals surface area contributed by atoms with Crippen LogP contribution in [0.2, 0.25) is 0 Å². The minimum absolute atomic E-state index is 0.159. The molecule has 0 N–H and O–H groups in total. The van der Waals surface area contributed by atoms with E-state index >= 15 is 0 Å². The van der Waals surface area contributed by atoms with Gasteiger partial charge >= 0.3 is 0 Å². The average Bonchev–Trinajstić information content (AvgIpc) is 2.59. The second-order valence-electron chi connectivity index (χ2n) is 5.01. The van der Waals surface area contributed by atoms with Gasteiger partial charge in [-0.15, -0.1) is 0 Å². The van der Waals surface area contributed by atoms with Crippen molar-refractivity contribution in [3.63, 3.8) is 0 Å². The highest BCUT2D eigenvalue weighted by Crippen LogP contribution is 2.35. The second kappa shape index (κ2) is 6.96. The molecular weight excluding hydrogens is 294 g/mol. The molecule has 0 spiro atoms. The molecular formula is C18H19NO4. The third kappa shape index (κ3) is 3.34. The van der Waals surface area contributed by atoms with Gasteiger partial charge in [-0.3, -0.25) is 9.59 Å². The predicted octanol–water partition coefficient (Wildman–Crippen LogP) is 3.18. The van der Waals surface area contributed by atoms with Gasteiger partial charge in [-0.2, -0.15) is 0 Å². The summed E-state index contributed by atoms with van der Waals surface area (Å²) in [5.41, 5.74) is 1.41. The Morgan fingerprint density at radius 3 is 2.04 bits per heavy atom. The smallest absolute Gasteiger partial charge is 0.258 e. The molecule has 1 amide bonds. The van der Waals surface area contributed by atoms with E-state index in [-0.39, 0.29) is 11.7 Å². The van der Waals surface area contributed by atoms with Crippen LogP contribution in [0.3, 0.4) is 0 Å². The topological polar surface area (TPSA) is 55.8 Å². The molecule has 2 aromatic rings. The summed E-state index contributed by atoms with van der Waals surface area (Å²) in [6.45, 7) is 1.45. The van der Waals surface area contributed by atoms with Crippen LogP contribution in [-0.4, -0.2) is 33.0 Å². The molecule has 0 aromatic heterocycles. The fraction of sp³-hybridized carbons (Fsp3) is 0.222. The van der Waals surface area contributed by atoms with E-state index in [2.05, 4.69) is 0 Å². The standard InChI is InChI=1S/C18H19NO4/c1-12(20)14-10-16(22-3)17(23-4)11-15(14)19(2)18(21)13-8-6-5-7-9-13/h5-11H,1-4H3. The SMILES string of the molecule is COc1cc(C(C)=O)c(N(C)C(=O)c2ccccc2)cc1OC. The number of ether oxygens (including phenoxy) is 2. The van der Waals surface area contributed by atoms with E-state index in [1.54, 1.807) is 43.4 Å². The molecule has 0 saturated carbocycles. The molecule has 0 aliphatic heterocycles. The Labute approximate surface area is 135 Å². The Bertz CT molecular complexity index is 725. The summed E-state index contributed by atoms with van der Waals surface area (Å²) < 4.78 is 10.5. The maximum Gasteiger partial charge on any atom is 0.258 e. The molecule has 0 heterocycles. The van der Waals surface area contributed by atoms with Crippen molar-refractivity contribution in [3.05, 3.63) is 53.6 Å². The number of benzene rings is 2. The van der Waals surface area contributed by atoms with E-state index in [0.717, 1.165) is 0 Å². The number of carbonyl (C=O) groups is 2. The zero-order chi connectivity index (χ0) is 17.0. The van der Waals surface area contributed by atoms with Crippen LogP contribution in [0.15, 0.2) is 42.5 Å². The lowest BCUT2D eigenvalue weighted by atomic mass is 10.1. The Balaban J connectivity index is 2.52. The van der Waals surface area contributed by atoms with Crippen molar-refractivity contribution < 1.29 is 19.1 Å². The fourth-order valence-electron chi connectivity index (χ4n) is 2.31. The number of carbonyl (C=O) groups excluding carboxylic acids is 2. The summed E-state index contributed by atoms with van der Waals surface area (Å²) in [5.74, 6) is 0.538. The molecule has 0 unspecified atom stereocenters. The molecule has 0 aliphatic rings. The van der Waals surface area contributed by atoms with Gasteiger partial charge in [-0.05, 0) is 25.1 Å². The van der Waals surface area contributed by atoms with Gasteiger partial charge in [-0.25, -0.2) is 0 Å². The van der Waals surface area contributed by atoms with E-state index in [4.69, 9.17) is 9.47 Å². The minimum Gasteiger partial charge on any atom is -0.493 e. The Hall–Kier alpha value is -2.82. The van der Waals surface area contributed by atoms with Gasteiger partial charge in [0.25, 0.3) is 5.91 Å². The first-order valence-electron chi connectivity index (χ1n) is 7.09. The number of hydrogen-bond acceptors (Lipinski definition) is 4. The van der Waals surface area contributed by atoms with E-state index in [9.17, 15) is 9.59 Å². The Morgan fingerprint density at radius 2 is 1.52 bits per heavy atom. The van der Waals surface area contributed by atoms with Crippen LogP contribution < -0.4 is 14.4 Å². The van der Waals surface area contributed by atoms with Crippen LogP contribution in [0.1, 0.15) is 27.6 Å². The lowest BCUT2D eigenvalue weighted by Crippen LogP contribution is -2.27. The van der Waals surface area contributed by atoms with E-state index in [1.807, 2.05) is 6.07 Å². The quantitative estimate of drug-likeness (QED) is 0.796. The summed E-state index contributed by atoms with van der Waals surface area (Å²) in [5, 5.41) is 0. The summed E-state index contributed by atoms with van der Waals surface area (Å²) >= 11 is 0. The zero-order valence-corrected chi connectivity index (χ0v) is 13.6. The molecule has 0 atom stereocenters. The molecule has 23 heavy (non-hydrogen) atoms. The van der Waals surface area contributed by atoms with Gasteiger partial charge in [0.05, 0.1) is 19.9 Å². The van der Waals surface area contributed by atoms with Crippen molar-refractivity contribution in [2.75, 3.05) is 26.2 Å². The fourth-order valence-corrected chi connectivity index (χ4v) is 2.31. The third-order valence-corrected chi connectivity index (χ3v) is 3.57. The molecule has 0 aliphatic carbocycles. The highest BCUT2D eigenvalue weighted by atomic mass is 16.5. The molecule has 0 fully saturated rings. The van der Waals surface area contributed by atoms with Crippen LogP contribution in [0.4, 0.5) is 5.69 Å². The first kappa shape index (κ1) is 16.5. The zero-order valence-electron chi connectivity index (χ0n) is 13.6. The minimum atomic E-state index is -0.208.